The quantitative estimate of drug-likeness (QED) is 0.670. The van der Waals surface area contributed by atoms with E-state index in [9.17, 15) is 5.11 Å². The van der Waals surface area contributed by atoms with Gasteiger partial charge < -0.3 is 10.4 Å². The molecule has 3 aliphatic carbocycles. The third-order valence-electron chi connectivity index (χ3n) is 4.66. The molecule has 17 heavy (non-hydrogen) atoms. The Kier molecular flexibility index (Phi) is 3.18. The van der Waals surface area contributed by atoms with Crippen LogP contribution in [0.15, 0.2) is 0 Å². The van der Waals surface area contributed by atoms with E-state index in [0.717, 1.165) is 25.0 Å². The Bertz CT molecular complexity index is 271. The average molecular weight is 238 g/mol. The van der Waals surface area contributed by atoms with E-state index in [2.05, 4.69) is 17.1 Å². The van der Waals surface area contributed by atoms with Gasteiger partial charge in [-0.15, -0.1) is 0 Å². The van der Waals surface area contributed by atoms with Gasteiger partial charge in [0.1, 0.15) is 0 Å². The minimum atomic E-state index is 0.0137. The Morgan fingerprint density at radius 3 is 2.29 bits per heavy atom. The summed E-state index contributed by atoms with van der Waals surface area (Å²) in [5.41, 5.74) is 0.0137. The second kappa shape index (κ2) is 4.52. The summed E-state index contributed by atoms with van der Waals surface area (Å²) in [6.45, 7) is 4.76. The molecule has 3 heteroatoms. The first kappa shape index (κ1) is 11.9. The van der Waals surface area contributed by atoms with Crippen molar-refractivity contribution < 1.29 is 5.11 Å². The molecule has 0 aliphatic heterocycles. The summed E-state index contributed by atoms with van der Waals surface area (Å²) in [4.78, 5) is 2.59. The van der Waals surface area contributed by atoms with Crippen LogP contribution in [0.2, 0.25) is 0 Å². The van der Waals surface area contributed by atoms with Gasteiger partial charge in [-0.3, -0.25) is 4.90 Å². The molecule has 3 saturated carbocycles. The number of hydrogen-bond donors (Lipinski definition) is 2. The van der Waals surface area contributed by atoms with Crippen molar-refractivity contribution in [2.24, 2.45) is 5.92 Å². The lowest BCUT2D eigenvalue weighted by Crippen LogP contribution is -2.59. The van der Waals surface area contributed by atoms with Gasteiger partial charge in [0.2, 0.25) is 0 Å². The van der Waals surface area contributed by atoms with Crippen molar-refractivity contribution >= 4 is 0 Å². The maximum absolute atomic E-state index is 9.92. The molecule has 0 aromatic carbocycles. The highest BCUT2D eigenvalue weighted by Crippen LogP contribution is 2.43. The first-order valence-electron chi connectivity index (χ1n) is 7.40. The Morgan fingerprint density at radius 2 is 1.88 bits per heavy atom. The molecule has 3 rings (SSSR count). The third kappa shape index (κ3) is 2.67. The topological polar surface area (TPSA) is 35.5 Å². The van der Waals surface area contributed by atoms with E-state index in [-0.39, 0.29) is 5.54 Å². The van der Waals surface area contributed by atoms with Crippen molar-refractivity contribution in [1.29, 1.82) is 0 Å². The molecule has 0 aromatic heterocycles. The molecule has 0 saturated heterocycles. The van der Waals surface area contributed by atoms with Crippen LogP contribution in [0.1, 0.15) is 45.4 Å². The molecule has 0 bridgehead atoms. The standard InChI is InChI=1S/C14H26N2O/c1-2-16(13-7-8-13)9-14(10-17,11-3-4-11)15-12-5-6-12/h11-13,15,17H,2-10H2,1H3. The second-order valence-electron chi connectivity index (χ2n) is 6.30. The van der Waals surface area contributed by atoms with Crippen LogP contribution in [0.25, 0.3) is 0 Å². The Hall–Kier alpha value is -0.120. The second-order valence-corrected chi connectivity index (χ2v) is 6.30. The molecular formula is C14H26N2O. The van der Waals surface area contributed by atoms with Crippen molar-refractivity contribution in [2.45, 2.75) is 63.1 Å². The van der Waals surface area contributed by atoms with Crippen LogP contribution < -0.4 is 5.32 Å². The number of nitrogens with one attached hydrogen (secondary N) is 1. The number of hydrogen-bond acceptors (Lipinski definition) is 3. The van der Waals surface area contributed by atoms with E-state index >= 15 is 0 Å². The predicted molar refractivity (Wildman–Crippen MR) is 69.0 cm³/mol. The number of likely N-dealkylation sites (N-methyl/N-ethyl adjacent to an activating group) is 1. The van der Waals surface area contributed by atoms with Crippen LogP contribution in [0, 0.1) is 5.92 Å². The maximum Gasteiger partial charge on any atom is 0.0628 e. The molecule has 0 aromatic rings. The van der Waals surface area contributed by atoms with E-state index in [1.165, 1.54) is 38.5 Å². The summed E-state index contributed by atoms with van der Waals surface area (Å²) in [6.07, 6.45) is 7.96. The summed E-state index contributed by atoms with van der Waals surface area (Å²) < 4.78 is 0. The smallest absolute Gasteiger partial charge is 0.0628 e. The SMILES string of the molecule is CCN(CC(CO)(NC1CC1)C1CC1)C1CC1. The molecule has 0 heterocycles. The van der Waals surface area contributed by atoms with Crippen molar-refractivity contribution in [3.63, 3.8) is 0 Å². The average Bonchev–Trinajstić information content (AvgIpc) is 3.18. The molecule has 3 nitrogen and oxygen atoms in total. The summed E-state index contributed by atoms with van der Waals surface area (Å²) in [7, 11) is 0. The van der Waals surface area contributed by atoms with Crippen LogP contribution in [-0.2, 0) is 0 Å². The monoisotopic (exact) mass is 238 g/mol. The Labute approximate surface area is 105 Å². The highest BCUT2D eigenvalue weighted by atomic mass is 16.3. The molecular weight excluding hydrogens is 212 g/mol. The number of aliphatic hydroxyl groups excluding tert-OH is 1. The first-order valence-corrected chi connectivity index (χ1v) is 7.40. The highest BCUT2D eigenvalue weighted by Gasteiger charge is 2.49. The van der Waals surface area contributed by atoms with Gasteiger partial charge in [0.05, 0.1) is 12.1 Å². The minimum absolute atomic E-state index is 0.0137. The summed E-state index contributed by atoms with van der Waals surface area (Å²) >= 11 is 0. The van der Waals surface area contributed by atoms with Crippen LogP contribution in [0.5, 0.6) is 0 Å². The first-order chi connectivity index (χ1) is 8.27. The number of aliphatic hydroxyl groups is 1. The Morgan fingerprint density at radius 1 is 1.18 bits per heavy atom. The van der Waals surface area contributed by atoms with E-state index in [1.54, 1.807) is 0 Å². The van der Waals surface area contributed by atoms with Gasteiger partial charge >= 0.3 is 0 Å². The summed E-state index contributed by atoms with van der Waals surface area (Å²) in [5.74, 6) is 0.723. The van der Waals surface area contributed by atoms with Gasteiger partial charge in [-0.05, 0) is 51.0 Å². The van der Waals surface area contributed by atoms with Crippen LogP contribution in [-0.4, -0.2) is 47.3 Å². The predicted octanol–water partition coefficient (Wildman–Crippen LogP) is 1.36. The molecule has 0 radical (unpaired) electrons. The molecule has 98 valence electrons. The maximum atomic E-state index is 9.92. The number of nitrogens with zero attached hydrogens (tertiary/aromatic N) is 1. The van der Waals surface area contributed by atoms with Gasteiger partial charge in [0, 0.05) is 18.6 Å². The van der Waals surface area contributed by atoms with E-state index in [4.69, 9.17) is 0 Å². The fraction of sp³-hybridized carbons (Fsp3) is 1.00. The van der Waals surface area contributed by atoms with E-state index in [0.29, 0.717) is 12.6 Å². The molecule has 0 amide bonds. The highest BCUT2D eigenvalue weighted by molar-refractivity contribution is 5.07. The fourth-order valence-electron chi connectivity index (χ4n) is 3.09. The molecule has 3 fully saturated rings. The third-order valence-corrected chi connectivity index (χ3v) is 4.66. The largest absolute Gasteiger partial charge is 0.394 e. The molecule has 0 spiro atoms. The normalized spacial score (nSPS) is 28.4. The fourth-order valence-corrected chi connectivity index (χ4v) is 3.09. The van der Waals surface area contributed by atoms with Crippen molar-refractivity contribution in [2.75, 3.05) is 19.7 Å². The molecule has 1 unspecified atom stereocenters. The molecule has 1 atom stereocenters. The van der Waals surface area contributed by atoms with E-state index < -0.39 is 0 Å². The number of rotatable bonds is 8. The van der Waals surface area contributed by atoms with Crippen molar-refractivity contribution in [3.05, 3.63) is 0 Å². The van der Waals surface area contributed by atoms with Gasteiger partial charge in [-0.1, -0.05) is 6.92 Å². The zero-order valence-corrected chi connectivity index (χ0v) is 11.0. The van der Waals surface area contributed by atoms with Gasteiger partial charge in [0.25, 0.3) is 0 Å². The van der Waals surface area contributed by atoms with Gasteiger partial charge in [-0.25, -0.2) is 0 Å². The van der Waals surface area contributed by atoms with E-state index in [1.807, 2.05) is 0 Å². The minimum Gasteiger partial charge on any atom is -0.394 e. The Balaban J connectivity index is 1.66. The molecule has 2 N–H and O–H groups in total. The zero-order chi connectivity index (χ0) is 11.9. The zero-order valence-electron chi connectivity index (χ0n) is 11.0. The lowest BCUT2D eigenvalue weighted by Gasteiger charge is -2.38. The summed E-state index contributed by atoms with van der Waals surface area (Å²) in [6, 6.07) is 1.51. The molecule has 3 aliphatic rings. The summed E-state index contributed by atoms with van der Waals surface area (Å²) in [5, 5.41) is 13.7. The van der Waals surface area contributed by atoms with Gasteiger partial charge in [-0.2, -0.15) is 0 Å². The lowest BCUT2D eigenvalue weighted by molar-refractivity contribution is 0.0875. The van der Waals surface area contributed by atoms with Crippen LogP contribution in [0.4, 0.5) is 0 Å². The van der Waals surface area contributed by atoms with Gasteiger partial charge in [0.15, 0.2) is 0 Å². The van der Waals surface area contributed by atoms with Crippen LogP contribution >= 0.6 is 0 Å². The lowest BCUT2D eigenvalue weighted by atomic mass is 9.92. The van der Waals surface area contributed by atoms with Crippen LogP contribution in [0.3, 0.4) is 0 Å². The van der Waals surface area contributed by atoms with Crippen molar-refractivity contribution in [1.82, 2.24) is 10.2 Å². The van der Waals surface area contributed by atoms with Crippen molar-refractivity contribution in [3.8, 4) is 0 Å².